The molecule has 0 aliphatic rings. The van der Waals surface area contributed by atoms with Crippen LogP contribution < -0.4 is 31.3 Å². The van der Waals surface area contributed by atoms with Crippen LogP contribution in [0.1, 0.15) is 114 Å². The summed E-state index contributed by atoms with van der Waals surface area (Å²) >= 11 is 7.02. The zero-order valence-corrected chi connectivity index (χ0v) is 39.8. The largest absolute Gasteiger partial charge is 0.491 e. The second kappa shape index (κ2) is 24.6. The summed E-state index contributed by atoms with van der Waals surface area (Å²) in [5.41, 5.74) is -2.53. The molecule has 0 saturated carbocycles. The quantitative estimate of drug-likeness (QED) is 0.0267. The lowest BCUT2D eigenvalue weighted by Crippen LogP contribution is -2.47. The van der Waals surface area contributed by atoms with Crippen LogP contribution in [-0.4, -0.2) is 102 Å². The summed E-state index contributed by atoms with van der Waals surface area (Å²) in [5, 5.41) is 25.3. The zero-order valence-electron chi connectivity index (χ0n) is 36.6. The first-order chi connectivity index (χ1) is 27.6. The minimum Gasteiger partial charge on any atom is -0.491 e. The van der Waals surface area contributed by atoms with Gasteiger partial charge in [0, 0.05) is 26.1 Å². The first kappa shape index (κ1) is 53.4. The number of halogens is 2. The van der Waals surface area contributed by atoms with Gasteiger partial charge in [0.2, 0.25) is 11.9 Å². The van der Waals surface area contributed by atoms with Gasteiger partial charge in [-0.05, 0) is 158 Å². The van der Waals surface area contributed by atoms with Gasteiger partial charge in [-0.1, -0.05) is 5.16 Å². The van der Waals surface area contributed by atoms with Crippen LogP contribution in [0.4, 0.5) is 19.2 Å². The van der Waals surface area contributed by atoms with Crippen molar-refractivity contribution in [1.82, 2.24) is 26.6 Å². The van der Waals surface area contributed by atoms with Gasteiger partial charge >= 0.3 is 24.4 Å². The molecule has 0 saturated heterocycles. The van der Waals surface area contributed by atoms with Gasteiger partial charge in [0.15, 0.2) is 0 Å². The van der Waals surface area contributed by atoms with Crippen LogP contribution in [0.5, 0.6) is 5.75 Å². The van der Waals surface area contributed by atoms with E-state index in [2.05, 4.69) is 73.6 Å². The zero-order chi connectivity index (χ0) is 45.9. The highest BCUT2D eigenvalue weighted by molar-refractivity contribution is 9.11. The molecule has 6 N–H and O–H groups in total. The molecular formula is C39H62Br2N8O11. The third kappa shape index (κ3) is 25.7. The summed E-state index contributed by atoms with van der Waals surface area (Å²) in [5.74, 6) is -0.310. The number of carbonyl (C=O) groups excluding carboxylic acids is 5. The fourth-order valence-corrected chi connectivity index (χ4v) is 5.85. The maximum atomic E-state index is 12.8. The van der Waals surface area contributed by atoms with E-state index in [1.54, 1.807) is 95.2 Å². The maximum absolute atomic E-state index is 12.8. The number of amides is 5. The molecule has 0 bridgehead atoms. The number of carbonyl (C=O) groups is 5. The van der Waals surface area contributed by atoms with E-state index in [1.165, 1.54) is 0 Å². The third-order valence-electron chi connectivity index (χ3n) is 6.50. The molecule has 1 aromatic rings. The van der Waals surface area contributed by atoms with E-state index < -0.39 is 52.7 Å². The molecule has 1 rings (SSSR count). The second-order valence-corrected chi connectivity index (χ2v) is 18.8. The van der Waals surface area contributed by atoms with E-state index in [0.29, 0.717) is 52.5 Å². The Hall–Kier alpha value is -4.66. The number of guanidine groups is 2. The third-order valence-corrected chi connectivity index (χ3v) is 7.68. The Labute approximate surface area is 369 Å². The van der Waals surface area contributed by atoms with Crippen LogP contribution in [0, 0.1) is 0 Å². The van der Waals surface area contributed by atoms with Gasteiger partial charge in [0.25, 0.3) is 5.91 Å². The molecule has 0 aliphatic carbocycles. The molecule has 0 atom stereocenters. The Kier molecular flexibility index (Phi) is 21.8. The predicted octanol–water partition coefficient (Wildman–Crippen LogP) is 7.45. The SMILES string of the molecule is CC(C)(C)OC(=O)NC(=NCCCCNC(=O)C(Cc1cc(Br)c(OCCCCN=C(NC(=O)OC(C)(C)C)NC(=O)OC(C)(C)C)c(Br)c1)=NO)NC(=O)OC(C)(C)C. The molecule has 0 aromatic heterocycles. The number of aliphatic imine (C=N–C) groups is 2. The molecule has 0 heterocycles. The molecule has 0 fully saturated rings. The van der Waals surface area contributed by atoms with Crippen molar-refractivity contribution in [1.29, 1.82) is 0 Å². The summed E-state index contributed by atoms with van der Waals surface area (Å²) in [7, 11) is 0. The first-order valence-corrected chi connectivity index (χ1v) is 20.8. The van der Waals surface area contributed by atoms with Gasteiger partial charge < -0.3 is 34.2 Å². The minimum absolute atomic E-state index is 0.00906. The lowest BCUT2D eigenvalue weighted by Gasteiger charge is -2.22. The number of alkyl carbamates (subject to hydrolysis) is 4. The number of nitrogens with zero attached hydrogens (tertiary/aromatic N) is 3. The van der Waals surface area contributed by atoms with E-state index in [9.17, 15) is 29.2 Å². The van der Waals surface area contributed by atoms with Crippen molar-refractivity contribution in [2.75, 3.05) is 26.2 Å². The van der Waals surface area contributed by atoms with Crippen molar-refractivity contribution >= 4 is 79.8 Å². The molecule has 0 radical (unpaired) electrons. The van der Waals surface area contributed by atoms with E-state index in [0.717, 1.165) is 0 Å². The predicted molar refractivity (Wildman–Crippen MR) is 234 cm³/mol. The number of hydrogen-bond acceptors (Lipinski definition) is 14. The average molecular weight is 979 g/mol. The van der Waals surface area contributed by atoms with Crippen molar-refractivity contribution in [3.8, 4) is 5.75 Å². The van der Waals surface area contributed by atoms with Crippen molar-refractivity contribution < 1.29 is 52.9 Å². The molecule has 0 unspecified atom stereocenters. The van der Waals surface area contributed by atoms with Crippen LogP contribution in [0.15, 0.2) is 36.2 Å². The number of nitrogens with one attached hydrogen (secondary N) is 5. The fourth-order valence-electron chi connectivity index (χ4n) is 4.34. The molecular weight excluding hydrogens is 916 g/mol. The van der Waals surface area contributed by atoms with Crippen LogP contribution >= 0.6 is 31.9 Å². The van der Waals surface area contributed by atoms with Gasteiger partial charge in [-0.2, -0.15) is 0 Å². The van der Waals surface area contributed by atoms with Gasteiger partial charge in [-0.15, -0.1) is 0 Å². The molecule has 1 aromatic carbocycles. The van der Waals surface area contributed by atoms with Crippen LogP contribution in [0.2, 0.25) is 0 Å². The number of rotatable bonds is 14. The maximum Gasteiger partial charge on any atom is 0.414 e. The summed E-state index contributed by atoms with van der Waals surface area (Å²) in [6.45, 7) is 21.4. The Bertz CT molecular complexity index is 1640. The Morgan fingerprint density at radius 2 is 0.967 bits per heavy atom. The van der Waals surface area contributed by atoms with Crippen LogP contribution in [0.3, 0.4) is 0 Å². The van der Waals surface area contributed by atoms with E-state index in [1.807, 2.05) is 0 Å². The van der Waals surface area contributed by atoms with Gasteiger partial charge in [-0.3, -0.25) is 36.0 Å². The van der Waals surface area contributed by atoms with Crippen molar-refractivity contribution in [3.63, 3.8) is 0 Å². The summed E-state index contributed by atoms with van der Waals surface area (Å²) in [6.07, 6.45) is -1.12. The molecule has 19 nitrogen and oxygen atoms in total. The normalized spacial score (nSPS) is 11.9. The minimum atomic E-state index is -0.807. The van der Waals surface area contributed by atoms with Crippen molar-refractivity contribution in [2.45, 2.75) is 138 Å². The highest BCUT2D eigenvalue weighted by atomic mass is 79.9. The molecule has 21 heteroatoms. The molecule has 0 spiro atoms. The molecule has 60 heavy (non-hydrogen) atoms. The number of hydrogen-bond donors (Lipinski definition) is 6. The smallest absolute Gasteiger partial charge is 0.414 e. The Morgan fingerprint density at radius 3 is 1.32 bits per heavy atom. The number of oxime groups is 1. The first-order valence-electron chi connectivity index (χ1n) is 19.2. The average Bonchev–Trinajstić information content (AvgIpc) is 3.03. The highest BCUT2D eigenvalue weighted by Crippen LogP contribution is 2.35. The van der Waals surface area contributed by atoms with E-state index in [4.69, 9.17) is 23.7 Å². The monoisotopic (exact) mass is 976 g/mol. The molecule has 338 valence electrons. The number of ether oxygens (including phenoxy) is 5. The molecule has 5 amide bonds. The van der Waals surface area contributed by atoms with Gasteiger partial charge in [0.1, 0.15) is 33.9 Å². The van der Waals surface area contributed by atoms with Gasteiger partial charge in [-0.25, -0.2) is 19.2 Å². The Balaban J connectivity index is 2.72. The second-order valence-electron chi connectivity index (χ2n) is 17.1. The lowest BCUT2D eigenvalue weighted by atomic mass is 10.1. The van der Waals surface area contributed by atoms with E-state index in [-0.39, 0.29) is 43.7 Å². The summed E-state index contributed by atoms with van der Waals surface area (Å²) < 4.78 is 28.2. The standard InChI is InChI=1S/C39H62Br2N8O11/c1-36(2,3)57-32(51)45-30(46-33(52)58-37(4,5)6)43-18-14-13-17-42-29(50)27(49-55)23-24-21-25(40)28(26(41)22-24)56-20-16-15-19-44-31(47-34(53)59-38(7,8)9)48-35(54)60-39(10,11)12/h21-22,55H,13-20,23H2,1-12H3,(H,42,50)(H2,43,45,46,51,52)(H2,44,47,48,53,54). The highest BCUT2D eigenvalue weighted by Gasteiger charge is 2.23. The van der Waals surface area contributed by atoms with Crippen LogP contribution in [0.25, 0.3) is 0 Å². The summed E-state index contributed by atoms with van der Waals surface area (Å²) in [4.78, 5) is 70.6. The Morgan fingerprint density at radius 1 is 0.600 bits per heavy atom. The number of benzene rings is 1. The number of unbranched alkanes of at least 4 members (excludes halogenated alkanes) is 2. The van der Waals surface area contributed by atoms with Crippen molar-refractivity contribution in [3.05, 3.63) is 26.6 Å². The fraction of sp³-hybridized carbons (Fsp3) is 0.641. The summed E-state index contributed by atoms with van der Waals surface area (Å²) in [6, 6.07) is 3.48. The molecule has 0 aliphatic heterocycles. The van der Waals surface area contributed by atoms with Crippen LogP contribution in [-0.2, 0) is 30.2 Å². The van der Waals surface area contributed by atoms with Crippen molar-refractivity contribution in [2.24, 2.45) is 15.1 Å². The topological polar surface area (TPSA) is 249 Å². The van der Waals surface area contributed by atoms with Gasteiger partial charge in [0.05, 0.1) is 15.6 Å². The lowest BCUT2D eigenvalue weighted by molar-refractivity contribution is -0.115. The van der Waals surface area contributed by atoms with E-state index >= 15 is 0 Å².